The van der Waals surface area contributed by atoms with Crippen LogP contribution in [-0.2, 0) is 7.05 Å². The van der Waals surface area contributed by atoms with E-state index in [0.29, 0.717) is 0 Å². The Labute approximate surface area is 152 Å². The van der Waals surface area contributed by atoms with Gasteiger partial charge in [-0.25, -0.2) is 4.99 Å². The molecule has 0 unspecified atom stereocenters. The fraction of sp³-hybridized carbons (Fsp3) is 0.200. The Morgan fingerprint density at radius 3 is 2.48 bits per heavy atom. The van der Waals surface area contributed by atoms with Crippen molar-refractivity contribution in [3.8, 4) is 5.75 Å². The van der Waals surface area contributed by atoms with Gasteiger partial charge in [-0.2, -0.15) is 5.10 Å². The van der Waals surface area contributed by atoms with E-state index in [1.165, 1.54) is 0 Å². The number of para-hydroxylation sites is 1. The zero-order chi connectivity index (χ0) is 17.8. The van der Waals surface area contributed by atoms with Gasteiger partial charge in [-0.3, -0.25) is 4.68 Å². The van der Waals surface area contributed by atoms with Gasteiger partial charge in [0.1, 0.15) is 11.4 Å². The minimum Gasteiger partial charge on any atom is -0.541 e. The highest BCUT2D eigenvalue weighted by molar-refractivity contribution is 6.49. The van der Waals surface area contributed by atoms with E-state index in [4.69, 9.17) is 9.42 Å². The zero-order valence-corrected chi connectivity index (χ0v) is 16.0. The molecule has 0 saturated heterocycles. The van der Waals surface area contributed by atoms with Crippen molar-refractivity contribution >= 4 is 20.4 Å². The van der Waals surface area contributed by atoms with Crippen LogP contribution in [-0.4, -0.2) is 24.5 Å². The van der Waals surface area contributed by atoms with Crippen LogP contribution in [0.4, 0.5) is 5.69 Å². The molecule has 0 amide bonds. The van der Waals surface area contributed by atoms with Gasteiger partial charge in [0.2, 0.25) is 0 Å². The van der Waals surface area contributed by atoms with E-state index < -0.39 is 9.04 Å². The molecule has 1 heterocycles. The molecule has 0 spiro atoms. The lowest BCUT2D eigenvalue weighted by atomic mass is 10.0. The van der Waals surface area contributed by atoms with E-state index in [0.717, 1.165) is 33.8 Å². The number of aromatic nitrogens is 2. The van der Waals surface area contributed by atoms with Gasteiger partial charge in [0.25, 0.3) is 9.04 Å². The molecule has 0 atom stereocenters. The zero-order valence-electron chi connectivity index (χ0n) is 16.0. The van der Waals surface area contributed by atoms with Gasteiger partial charge < -0.3 is 4.43 Å². The number of hydrogen-bond acceptors (Lipinski definition) is 3. The molecule has 3 rings (SSSR count). The fourth-order valence-corrected chi connectivity index (χ4v) is 3.23. The maximum absolute atomic E-state index is 6.08. The molecule has 3 aromatic rings. The lowest BCUT2D eigenvalue weighted by Gasteiger charge is -2.14. The summed E-state index contributed by atoms with van der Waals surface area (Å²) >= 11 is 0. The molecule has 0 aliphatic carbocycles. The predicted octanol–water partition coefficient (Wildman–Crippen LogP) is 4.64. The first kappa shape index (κ1) is 17.2. The standard InChI is InChI=1S/C20H22N3OSi/c1-15-9-8-12-18(24-25(3)4)19(15)22-20(16-10-6-5-7-11-16)17-13-21-23(2)14-17/h5-14H,1-4H3/p+1. The van der Waals surface area contributed by atoms with Crippen molar-refractivity contribution < 1.29 is 5.85 Å². The Hall–Kier alpha value is -2.66. The Balaban J connectivity index is 0.00000243. The van der Waals surface area contributed by atoms with Crippen LogP contribution in [0.25, 0.3) is 0 Å². The van der Waals surface area contributed by atoms with Crippen LogP contribution in [0.1, 0.15) is 18.1 Å². The molecule has 0 bridgehead atoms. The highest BCUT2D eigenvalue weighted by Crippen LogP contribution is 2.33. The number of rotatable bonds is 5. The van der Waals surface area contributed by atoms with E-state index in [9.17, 15) is 0 Å². The summed E-state index contributed by atoms with van der Waals surface area (Å²) in [6.45, 7) is 6.31. The summed E-state index contributed by atoms with van der Waals surface area (Å²) in [6.07, 6.45) is 3.83. The summed E-state index contributed by atoms with van der Waals surface area (Å²) in [7, 11) is 1.04. The average molecular weight is 350 g/mol. The molecule has 127 valence electrons. The van der Waals surface area contributed by atoms with E-state index in [1.807, 2.05) is 49.8 Å². The second-order valence-electron chi connectivity index (χ2n) is 6.16. The number of benzene rings is 2. The normalized spacial score (nSPS) is 11.8. The minimum absolute atomic E-state index is 0. The van der Waals surface area contributed by atoms with Crippen molar-refractivity contribution in [3.05, 3.63) is 77.6 Å². The highest BCUT2D eigenvalue weighted by Gasteiger charge is 2.14. The summed E-state index contributed by atoms with van der Waals surface area (Å²) in [5, 5.41) is 4.31. The molecule has 1 aromatic heterocycles. The quantitative estimate of drug-likeness (QED) is 0.497. The van der Waals surface area contributed by atoms with Crippen LogP contribution in [0.15, 0.2) is 65.9 Å². The first-order valence-electron chi connectivity index (χ1n) is 8.25. The molecule has 25 heavy (non-hydrogen) atoms. The van der Waals surface area contributed by atoms with E-state index >= 15 is 0 Å². The van der Waals surface area contributed by atoms with Crippen LogP contribution in [0, 0.1) is 6.92 Å². The first-order chi connectivity index (χ1) is 12.0. The topological polar surface area (TPSA) is 39.4 Å². The van der Waals surface area contributed by atoms with Gasteiger partial charge in [0, 0.05) is 24.4 Å². The van der Waals surface area contributed by atoms with Crippen LogP contribution in [0.2, 0.25) is 13.1 Å². The molecular weight excluding hydrogens is 326 g/mol. The molecule has 5 heteroatoms. The van der Waals surface area contributed by atoms with Crippen molar-refractivity contribution in [2.75, 3.05) is 0 Å². The number of hydrogen-bond donors (Lipinski definition) is 0. The molecule has 0 N–H and O–H groups in total. The van der Waals surface area contributed by atoms with Crippen molar-refractivity contribution in [3.63, 3.8) is 0 Å². The SMILES string of the molecule is Cc1cccc(O[Si](C)C)c1N=C(c1ccccc1)c1cnn(C)c1.[H+]. The highest BCUT2D eigenvalue weighted by atomic mass is 28.3. The molecule has 0 aliphatic heterocycles. The number of aryl methyl sites for hydroxylation is 2. The summed E-state index contributed by atoms with van der Waals surface area (Å²) in [6, 6.07) is 16.3. The third-order valence-electron chi connectivity index (χ3n) is 3.76. The summed E-state index contributed by atoms with van der Waals surface area (Å²) in [5.41, 5.74) is 4.92. The Bertz CT molecular complexity index is 891. The second kappa shape index (κ2) is 7.48. The maximum atomic E-state index is 6.08. The fourth-order valence-electron chi connectivity index (χ4n) is 2.62. The monoisotopic (exact) mass is 349 g/mol. The summed E-state index contributed by atoms with van der Waals surface area (Å²) < 4.78 is 7.87. The Morgan fingerprint density at radius 1 is 1.08 bits per heavy atom. The lowest BCUT2D eigenvalue weighted by molar-refractivity contribution is 0.581. The largest absolute Gasteiger partial charge is 1.00 e. The van der Waals surface area contributed by atoms with Crippen LogP contribution >= 0.6 is 0 Å². The molecule has 0 aliphatic rings. The van der Waals surface area contributed by atoms with Crippen molar-refractivity contribution in [1.82, 2.24) is 9.78 Å². The number of nitrogens with zero attached hydrogens (tertiary/aromatic N) is 3. The van der Waals surface area contributed by atoms with Gasteiger partial charge >= 0.3 is 1.43 Å². The average Bonchev–Trinajstić information content (AvgIpc) is 3.01. The smallest absolute Gasteiger partial charge is 0.541 e. The molecule has 4 nitrogen and oxygen atoms in total. The van der Waals surface area contributed by atoms with Crippen molar-refractivity contribution in [2.24, 2.45) is 12.0 Å². The number of aliphatic imine (C=N–C) groups is 1. The molecule has 0 fully saturated rings. The Morgan fingerprint density at radius 2 is 1.84 bits per heavy atom. The lowest BCUT2D eigenvalue weighted by Crippen LogP contribution is -2.11. The van der Waals surface area contributed by atoms with Gasteiger partial charge in [-0.15, -0.1) is 0 Å². The molecular formula is C20H23N3OSi+. The van der Waals surface area contributed by atoms with E-state index in [2.05, 4.69) is 43.3 Å². The maximum Gasteiger partial charge on any atom is 1.00 e. The van der Waals surface area contributed by atoms with Gasteiger partial charge in [-0.05, 0) is 31.6 Å². The van der Waals surface area contributed by atoms with E-state index in [1.54, 1.807) is 4.68 Å². The first-order valence-corrected chi connectivity index (χ1v) is 10.7. The minimum atomic E-state index is -0.870. The molecule has 0 saturated carbocycles. The molecule has 1 radical (unpaired) electrons. The van der Waals surface area contributed by atoms with Gasteiger partial charge in [-0.1, -0.05) is 42.5 Å². The van der Waals surface area contributed by atoms with Crippen LogP contribution < -0.4 is 4.43 Å². The predicted molar refractivity (Wildman–Crippen MR) is 105 cm³/mol. The molecule has 2 aromatic carbocycles. The Kier molecular flexibility index (Phi) is 5.14. The van der Waals surface area contributed by atoms with Crippen LogP contribution in [0.5, 0.6) is 5.75 Å². The van der Waals surface area contributed by atoms with Gasteiger partial charge in [0.15, 0.2) is 0 Å². The summed E-state index contributed by atoms with van der Waals surface area (Å²) in [4.78, 5) is 5.02. The summed E-state index contributed by atoms with van der Waals surface area (Å²) in [5.74, 6) is 0.844. The third kappa shape index (κ3) is 4.06. The van der Waals surface area contributed by atoms with Crippen LogP contribution in [0.3, 0.4) is 0 Å². The van der Waals surface area contributed by atoms with E-state index in [-0.39, 0.29) is 1.43 Å². The van der Waals surface area contributed by atoms with Crippen molar-refractivity contribution in [2.45, 2.75) is 20.0 Å². The second-order valence-corrected chi connectivity index (χ2v) is 8.18. The van der Waals surface area contributed by atoms with Gasteiger partial charge in [0.05, 0.1) is 11.9 Å². The third-order valence-corrected chi connectivity index (χ3v) is 4.39. The van der Waals surface area contributed by atoms with Crippen molar-refractivity contribution in [1.29, 1.82) is 0 Å².